The van der Waals surface area contributed by atoms with Crippen molar-refractivity contribution >= 4 is 10.0 Å². The van der Waals surface area contributed by atoms with E-state index >= 15 is 0 Å². The second kappa shape index (κ2) is 5.34. The Labute approximate surface area is 108 Å². The molecule has 0 aromatic carbocycles. The smallest absolute Gasteiger partial charge is 0.260 e. The van der Waals surface area contributed by atoms with Crippen LogP contribution in [0.3, 0.4) is 0 Å². The molecular weight excluding hydrogens is 250 g/mol. The average Bonchev–Trinajstić information content (AvgIpc) is 2.88. The van der Waals surface area contributed by atoms with Crippen LogP contribution in [0.2, 0.25) is 0 Å². The standard InChI is InChI=1S/C12H19N3O2S/c1-2-10-5-6-15(9-10)18(16,17)12-4-3-11(7-13)8-14-12/h3-4,8,10H,2,5-7,9,13H2,1H3. The fourth-order valence-electron chi connectivity index (χ4n) is 2.17. The van der Waals surface area contributed by atoms with Crippen molar-refractivity contribution in [3.05, 3.63) is 23.9 Å². The van der Waals surface area contributed by atoms with E-state index in [2.05, 4.69) is 11.9 Å². The van der Waals surface area contributed by atoms with Crippen LogP contribution in [0.5, 0.6) is 0 Å². The molecule has 1 aliphatic rings. The van der Waals surface area contributed by atoms with Gasteiger partial charge in [-0.15, -0.1) is 0 Å². The number of sulfonamides is 1. The van der Waals surface area contributed by atoms with Crippen LogP contribution in [0.15, 0.2) is 23.4 Å². The van der Waals surface area contributed by atoms with Crippen LogP contribution in [-0.4, -0.2) is 30.8 Å². The summed E-state index contributed by atoms with van der Waals surface area (Å²) in [4.78, 5) is 4.01. The number of aromatic nitrogens is 1. The van der Waals surface area contributed by atoms with Crippen molar-refractivity contribution in [1.29, 1.82) is 0 Å². The Hall–Kier alpha value is -0.980. The molecule has 0 saturated carbocycles. The minimum atomic E-state index is -3.43. The monoisotopic (exact) mass is 269 g/mol. The minimum Gasteiger partial charge on any atom is -0.326 e. The molecule has 6 heteroatoms. The quantitative estimate of drug-likeness (QED) is 0.883. The first kappa shape index (κ1) is 13.5. The lowest BCUT2D eigenvalue weighted by molar-refractivity contribution is 0.450. The van der Waals surface area contributed by atoms with Crippen molar-refractivity contribution < 1.29 is 8.42 Å². The van der Waals surface area contributed by atoms with E-state index in [1.54, 1.807) is 6.07 Å². The van der Waals surface area contributed by atoms with Crippen LogP contribution in [-0.2, 0) is 16.6 Å². The fourth-order valence-corrected chi connectivity index (χ4v) is 3.61. The molecule has 1 saturated heterocycles. The lowest BCUT2D eigenvalue weighted by Gasteiger charge is -2.15. The van der Waals surface area contributed by atoms with E-state index in [1.165, 1.54) is 16.6 Å². The molecule has 100 valence electrons. The molecule has 1 atom stereocenters. The highest BCUT2D eigenvalue weighted by Gasteiger charge is 2.32. The van der Waals surface area contributed by atoms with Crippen LogP contribution in [0.25, 0.3) is 0 Å². The summed E-state index contributed by atoms with van der Waals surface area (Å²) in [5, 5.41) is 0.122. The molecule has 1 aliphatic heterocycles. The van der Waals surface area contributed by atoms with Crippen molar-refractivity contribution in [2.75, 3.05) is 13.1 Å². The van der Waals surface area contributed by atoms with Crippen LogP contribution < -0.4 is 5.73 Å². The summed E-state index contributed by atoms with van der Waals surface area (Å²) in [7, 11) is -3.43. The molecule has 0 amide bonds. The lowest BCUT2D eigenvalue weighted by Crippen LogP contribution is -2.29. The Morgan fingerprint density at radius 3 is 2.78 bits per heavy atom. The zero-order chi connectivity index (χ0) is 13.2. The van der Waals surface area contributed by atoms with E-state index in [0.717, 1.165) is 18.4 Å². The molecule has 18 heavy (non-hydrogen) atoms. The molecule has 0 radical (unpaired) electrons. The number of pyridine rings is 1. The first-order valence-corrected chi connectivity index (χ1v) is 7.67. The maximum atomic E-state index is 12.3. The van der Waals surface area contributed by atoms with E-state index in [1.807, 2.05) is 0 Å². The van der Waals surface area contributed by atoms with Crippen molar-refractivity contribution in [2.24, 2.45) is 11.7 Å². The van der Waals surface area contributed by atoms with Gasteiger partial charge < -0.3 is 5.73 Å². The van der Waals surface area contributed by atoms with Crippen molar-refractivity contribution in [1.82, 2.24) is 9.29 Å². The summed E-state index contributed by atoms with van der Waals surface area (Å²) >= 11 is 0. The SMILES string of the molecule is CCC1CCN(S(=O)(=O)c2ccc(CN)cn2)C1. The molecule has 0 bridgehead atoms. The third kappa shape index (κ3) is 2.55. The van der Waals surface area contributed by atoms with Crippen LogP contribution in [0.4, 0.5) is 0 Å². The van der Waals surface area contributed by atoms with Crippen LogP contribution in [0.1, 0.15) is 25.3 Å². The minimum absolute atomic E-state index is 0.122. The largest absolute Gasteiger partial charge is 0.326 e. The summed E-state index contributed by atoms with van der Waals surface area (Å²) in [6, 6.07) is 3.25. The predicted molar refractivity (Wildman–Crippen MR) is 69.3 cm³/mol. The summed E-state index contributed by atoms with van der Waals surface area (Å²) in [6.45, 7) is 3.67. The molecular formula is C12H19N3O2S. The highest BCUT2D eigenvalue weighted by atomic mass is 32.2. The van der Waals surface area contributed by atoms with Gasteiger partial charge in [0.2, 0.25) is 0 Å². The van der Waals surface area contributed by atoms with Gasteiger partial charge in [0, 0.05) is 25.8 Å². The van der Waals surface area contributed by atoms with Gasteiger partial charge in [0.15, 0.2) is 5.03 Å². The first-order valence-electron chi connectivity index (χ1n) is 6.23. The van der Waals surface area contributed by atoms with Gasteiger partial charge in [0.25, 0.3) is 10.0 Å². The molecule has 1 fully saturated rings. The zero-order valence-corrected chi connectivity index (χ0v) is 11.4. The van der Waals surface area contributed by atoms with Crippen molar-refractivity contribution in [3.8, 4) is 0 Å². The van der Waals surface area contributed by atoms with Gasteiger partial charge >= 0.3 is 0 Å². The van der Waals surface area contributed by atoms with Gasteiger partial charge in [-0.2, -0.15) is 4.31 Å². The number of hydrogen-bond donors (Lipinski definition) is 1. The normalized spacial score (nSPS) is 21.3. The van der Waals surface area contributed by atoms with Crippen molar-refractivity contribution in [3.63, 3.8) is 0 Å². The van der Waals surface area contributed by atoms with Gasteiger partial charge in [-0.05, 0) is 24.0 Å². The molecule has 5 nitrogen and oxygen atoms in total. The maximum absolute atomic E-state index is 12.3. The molecule has 1 unspecified atom stereocenters. The Bertz CT molecular complexity index is 499. The topological polar surface area (TPSA) is 76.3 Å². The highest BCUT2D eigenvalue weighted by Crippen LogP contribution is 2.24. The van der Waals surface area contributed by atoms with E-state index in [0.29, 0.717) is 25.6 Å². The predicted octanol–water partition coefficient (Wildman–Crippen LogP) is 0.961. The number of rotatable bonds is 4. The second-order valence-corrected chi connectivity index (χ2v) is 6.52. The van der Waals surface area contributed by atoms with Crippen molar-refractivity contribution in [2.45, 2.75) is 31.3 Å². The second-order valence-electron chi connectivity index (χ2n) is 4.63. The summed E-state index contributed by atoms with van der Waals surface area (Å²) in [5.41, 5.74) is 6.30. The molecule has 2 N–H and O–H groups in total. The summed E-state index contributed by atoms with van der Waals surface area (Å²) in [6.07, 6.45) is 3.49. The van der Waals surface area contributed by atoms with Gasteiger partial charge in [0.05, 0.1) is 0 Å². The maximum Gasteiger partial charge on any atom is 0.260 e. The third-order valence-electron chi connectivity index (χ3n) is 3.46. The Morgan fingerprint density at radius 2 is 2.28 bits per heavy atom. The molecule has 2 heterocycles. The van der Waals surface area contributed by atoms with Gasteiger partial charge in [-0.25, -0.2) is 13.4 Å². The Kier molecular flexibility index (Phi) is 3.99. The lowest BCUT2D eigenvalue weighted by atomic mass is 10.1. The van der Waals surface area contributed by atoms with Crippen LogP contribution in [0, 0.1) is 5.92 Å². The van der Waals surface area contributed by atoms with Gasteiger partial charge in [-0.3, -0.25) is 0 Å². The average molecular weight is 269 g/mol. The van der Waals surface area contributed by atoms with E-state index in [-0.39, 0.29) is 5.03 Å². The molecule has 0 spiro atoms. The summed E-state index contributed by atoms with van der Waals surface area (Å²) < 4.78 is 26.2. The molecule has 1 aromatic rings. The molecule has 1 aromatic heterocycles. The zero-order valence-electron chi connectivity index (χ0n) is 10.5. The fraction of sp³-hybridized carbons (Fsp3) is 0.583. The van der Waals surface area contributed by atoms with E-state index in [9.17, 15) is 8.42 Å². The van der Waals surface area contributed by atoms with Crippen LogP contribution >= 0.6 is 0 Å². The Balaban J connectivity index is 2.20. The number of nitrogens with zero attached hydrogens (tertiary/aromatic N) is 2. The number of hydrogen-bond acceptors (Lipinski definition) is 4. The van der Waals surface area contributed by atoms with E-state index in [4.69, 9.17) is 5.73 Å². The number of nitrogens with two attached hydrogens (primary N) is 1. The summed E-state index contributed by atoms with van der Waals surface area (Å²) in [5.74, 6) is 0.475. The van der Waals surface area contributed by atoms with Gasteiger partial charge in [-0.1, -0.05) is 19.4 Å². The molecule has 0 aliphatic carbocycles. The highest BCUT2D eigenvalue weighted by molar-refractivity contribution is 7.89. The molecule has 2 rings (SSSR count). The first-order chi connectivity index (χ1) is 8.57. The van der Waals surface area contributed by atoms with Gasteiger partial charge in [0.1, 0.15) is 0 Å². The Morgan fingerprint density at radius 1 is 1.50 bits per heavy atom. The third-order valence-corrected chi connectivity index (χ3v) is 5.24. The van der Waals surface area contributed by atoms with E-state index < -0.39 is 10.0 Å².